The van der Waals surface area contributed by atoms with Crippen molar-refractivity contribution in [3.8, 4) is 11.5 Å². The lowest BCUT2D eigenvalue weighted by Gasteiger charge is -2.10. The molecule has 1 aromatic rings. The third-order valence-electron chi connectivity index (χ3n) is 1.74. The van der Waals surface area contributed by atoms with Crippen molar-refractivity contribution in [2.45, 2.75) is 4.90 Å². The normalized spacial score (nSPS) is 11.2. The summed E-state index contributed by atoms with van der Waals surface area (Å²) >= 11 is 3.09. The molecule has 0 heterocycles. The van der Waals surface area contributed by atoms with E-state index in [1.807, 2.05) is 0 Å². The third-order valence-corrected chi connectivity index (χ3v) is 3.61. The second-order valence-corrected chi connectivity index (χ2v) is 5.07. The van der Waals surface area contributed by atoms with E-state index in [0.717, 1.165) is 0 Å². The molecule has 2 N–H and O–H groups in total. The summed E-state index contributed by atoms with van der Waals surface area (Å²) < 4.78 is 32.6. The Morgan fingerprint density at radius 3 is 2.07 bits per heavy atom. The van der Waals surface area contributed by atoms with Crippen LogP contribution in [-0.2, 0) is 10.0 Å². The first-order valence-corrected chi connectivity index (χ1v) is 6.18. The lowest BCUT2D eigenvalue weighted by Crippen LogP contribution is -2.13. The van der Waals surface area contributed by atoms with E-state index in [1.54, 1.807) is 0 Å². The summed E-state index contributed by atoms with van der Waals surface area (Å²) in [6.45, 7) is 0. The van der Waals surface area contributed by atoms with Gasteiger partial charge in [0.05, 0.1) is 19.1 Å². The van der Waals surface area contributed by atoms with Gasteiger partial charge in [0.1, 0.15) is 0 Å². The SMILES string of the molecule is COc1cc(Br)c(S(N)(=O)=O)cc1OC. The number of ether oxygens (including phenoxy) is 2. The van der Waals surface area contributed by atoms with Gasteiger partial charge in [-0.05, 0) is 22.0 Å². The second-order valence-electron chi connectivity index (χ2n) is 2.68. The minimum Gasteiger partial charge on any atom is -0.493 e. The summed E-state index contributed by atoms with van der Waals surface area (Å²) in [5.74, 6) is 0.738. The van der Waals surface area contributed by atoms with E-state index in [1.165, 1.54) is 26.4 Å². The van der Waals surface area contributed by atoms with Crippen molar-refractivity contribution in [2.24, 2.45) is 5.14 Å². The lowest BCUT2D eigenvalue weighted by atomic mass is 10.3. The van der Waals surface area contributed by atoms with Crippen molar-refractivity contribution in [1.29, 1.82) is 0 Å². The molecule has 0 amide bonds. The van der Waals surface area contributed by atoms with Gasteiger partial charge in [0, 0.05) is 10.5 Å². The van der Waals surface area contributed by atoms with Crippen molar-refractivity contribution < 1.29 is 17.9 Å². The van der Waals surface area contributed by atoms with Gasteiger partial charge in [-0.25, -0.2) is 13.6 Å². The topological polar surface area (TPSA) is 78.6 Å². The molecule has 0 aliphatic rings. The fraction of sp³-hybridized carbons (Fsp3) is 0.250. The molecule has 0 radical (unpaired) electrons. The highest BCUT2D eigenvalue weighted by Gasteiger charge is 2.17. The molecule has 0 fully saturated rings. The zero-order chi connectivity index (χ0) is 11.6. The standard InChI is InChI=1S/C8H10BrNO4S/c1-13-6-3-5(9)8(15(10,11)12)4-7(6)14-2/h3-4H,1-2H3,(H2,10,11,12). The molecule has 15 heavy (non-hydrogen) atoms. The Bertz CT molecular complexity index is 472. The zero-order valence-corrected chi connectivity index (χ0v) is 10.6. The summed E-state index contributed by atoms with van der Waals surface area (Å²) in [7, 11) is -0.899. The molecule has 1 aromatic carbocycles. The Hall–Kier alpha value is -0.790. The van der Waals surface area contributed by atoms with Gasteiger partial charge in [-0.2, -0.15) is 0 Å². The second kappa shape index (κ2) is 4.38. The number of primary sulfonamides is 1. The fourth-order valence-electron chi connectivity index (χ4n) is 1.05. The molecule has 0 unspecified atom stereocenters. The minimum absolute atomic E-state index is 0.0415. The smallest absolute Gasteiger partial charge is 0.239 e. The van der Waals surface area contributed by atoms with E-state index in [9.17, 15) is 8.42 Å². The predicted octanol–water partition coefficient (Wildman–Crippen LogP) is 1.11. The summed E-state index contributed by atoms with van der Waals surface area (Å²) in [5, 5.41) is 5.02. The van der Waals surface area contributed by atoms with Crippen LogP contribution in [0.15, 0.2) is 21.5 Å². The van der Waals surface area contributed by atoms with Crippen LogP contribution in [0.1, 0.15) is 0 Å². The van der Waals surface area contributed by atoms with E-state index >= 15 is 0 Å². The van der Waals surface area contributed by atoms with Crippen LogP contribution in [0.5, 0.6) is 11.5 Å². The van der Waals surface area contributed by atoms with Crippen LogP contribution in [0.3, 0.4) is 0 Å². The van der Waals surface area contributed by atoms with Crippen LogP contribution in [0.4, 0.5) is 0 Å². The third kappa shape index (κ3) is 2.61. The van der Waals surface area contributed by atoms with Crippen LogP contribution in [-0.4, -0.2) is 22.6 Å². The number of rotatable bonds is 3. The Balaban J connectivity index is 3.46. The van der Waals surface area contributed by atoms with E-state index < -0.39 is 10.0 Å². The maximum atomic E-state index is 11.2. The summed E-state index contributed by atoms with van der Waals surface area (Å²) in [5.41, 5.74) is 0. The number of nitrogens with two attached hydrogens (primary N) is 1. The van der Waals surface area contributed by atoms with Gasteiger partial charge in [0.25, 0.3) is 0 Å². The van der Waals surface area contributed by atoms with Crippen molar-refractivity contribution >= 4 is 26.0 Å². The van der Waals surface area contributed by atoms with E-state index in [4.69, 9.17) is 14.6 Å². The van der Waals surface area contributed by atoms with Crippen molar-refractivity contribution in [3.63, 3.8) is 0 Å². The van der Waals surface area contributed by atoms with E-state index in [0.29, 0.717) is 16.0 Å². The van der Waals surface area contributed by atoms with E-state index in [-0.39, 0.29) is 4.90 Å². The van der Waals surface area contributed by atoms with Gasteiger partial charge < -0.3 is 9.47 Å². The number of hydrogen-bond acceptors (Lipinski definition) is 4. The van der Waals surface area contributed by atoms with Gasteiger partial charge in [-0.3, -0.25) is 0 Å². The first kappa shape index (κ1) is 12.3. The number of sulfonamides is 1. The average Bonchev–Trinajstić information content (AvgIpc) is 2.15. The minimum atomic E-state index is -3.77. The number of hydrogen-bond donors (Lipinski definition) is 1. The molecule has 0 atom stereocenters. The highest BCUT2D eigenvalue weighted by atomic mass is 79.9. The van der Waals surface area contributed by atoms with E-state index in [2.05, 4.69) is 15.9 Å². The Morgan fingerprint density at radius 2 is 1.67 bits per heavy atom. The van der Waals surface area contributed by atoms with Gasteiger partial charge in [-0.1, -0.05) is 0 Å². The molecule has 84 valence electrons. The Kier molecular flexibility index (Phi) is 3.58. The Labute approximate surface area is 96.4 Å². The van der Waals surface area contributed by atoms with Crippen molar-refractivity contribution in [1.82, 2.24) is 0 Å². The molecule has 0 aromatic heterocycles. The van der Waals surface area contributed by atoms with Crippen LogP contribution < -0.4 is 14.6 Å². The van der Waals surface area contributed by atoms with Crippen LogP contribution in [0, 0.1) is 0 Å². The lowest BCUT2D eigenvalue weighted by molar-refractivity contribution is 0.353. The maximum Gasteiger partial charge on any atom is 0.239 e. The molecular weight excluding hydrogens is 286 g/mol. The summed E-state index contributed by atoms with van der Waals surface area (Å²) in [6, 6.07) is 2.79. The highest BCUT2D eigenvalue weighted by molar-refractivity contribution is 9.10. The molecule has 0 saturated carbocycles. The monoisotopic (exact) mass is 295 g/mol. The van der Waals surface area contributed by atoms with Crippen LogP contribution >= 0.6 is 15.9 Å². The fourth-order valence-corrected chi connectivity index (χ4v) is 2.65. The molecule has 5 nitrogen and oxygen atoms in total. The molecule has 0 aliphatic heterocycles. The van der Waals surface area contributed by atoms with Gasteiger partial charge in [-0.15, -0.1) is 0 Å². The van der Waals surface area contributed by atoms with Gasteiger partial charge >= 0.3 is 0 Å². The van der Waals surface area contributed by atoms with Crippen LogP contribution in [0.25, 0.3) is 0 Å². The first-order chi connectivity index (χ1) is 6.90. The van der Waals surface area contributed by atoms with Crippen molar-refractivity contribution in [3.05, 3.63) is 16.6 Å². The van der Waals surface area contributed by atoms with Gasteiger partial charge in [0.15, 0.2) is 11.5 Å². The van der Waals surface area contributed by atoms with Crippen molar-refractivity contribution in [2.75, 3.05) is 14.2 Å². The quantitative estimate of drug-likeness (QED) is 0.906. The molecule has 0 aliphatic carbocycles. The summed E-state index contributed by atoms with van der Waals surface area (Å²) in [6.07, 6.45) is 0. The zero-order valence-electron chi connectivity index (χ0n) is 8.15. The molecular formula is C8H10BrNO4S. The number of halogens is 1. The molecule has 0 spiro atoms. The Morgan fingerprint density at radius 1 is 1.20 bits per heavy atom. The number of benzene rings is 1. The largest absolute Gasteiger partial charge is 0.493 e. The van der Waals surface area contributed by atoms with Crippen LogP contribution in [0.2, 0.25) is 0 Å². The maximum absolute atomic E-state index is 11.2. The highest BCUT2D eigenvalue weighted by Crippen LogP contribution is 2.34. The molecule has 7 heteroatoms. The molecule has 0 bridgehead atoms. The molecule has 0 saturated heterocycles. The molecule has 1 rings (SSSR count). The first-order valence-electron chi connectivity index (χ1n) is 3.84. The summed E-state index contributed by atoms with van der Waals surface area (Å²) in [4.78, 5) is -0.0415. The average molecular weight is 296 g/mol. The predicted molar refractivity (Wildman–Crippen MR) is 58.6 cm³/mol. The number of methoxy groups -OCH3 is 2. The van der Waals surface area contributed by atoms with Gasteiger partial charge in [0.2, 0.25) is 10.0 Å².